The van der Waals surface area contributed by atoms with Gasteiger partial charge in [0.1, 0.15) is 5.78 Å². The number of likely N-dealkylation sites (tertiary alicyclic amines) is 1. The van der Waals surface area contributed by atoms with Gasteiger partial charge in [-0.2, -0.15) is 13.2 Å². The molecule has 0 radical (unpaired) electrons. The van der Waals surface area contributed by atoms with Crippen molar-refractivity contribution in [2.75, 3.05) is 26.3 Å². The van der Waals surface area contributed by atoms with Crippen molar-refractivity contribution in [1.29, 1.82) is 0 Å². The second-order valence-electron chi connectivity index (χ2n) is 10.3. The number of hydrogen-bond donors (Lipinski definition) is 0. The van der Waals surface area contributed by atoms with Crippen molar-refractivity contribution in [3.8, 4) is 0 Å². The fourth-order valence-electron chi connectivity index (χ4n) is 5.19. The van der Waals surface area contributed by atoms with Crippen molar-refractivity contribution >= 4 is 5.78 Å². The number of hydrogen-bond acceptors (Lipinski definition) is 3. The molecule has 0 saturated carbocycles. The molecule has 1 unspecified atom stereocenters. The summed E-state index contributed by atoms with van der Waals surface area (Å²) in [7, 11) is 0. The first-order valence-electron chi connectivity index (χ1n) is 11.6. The second-order valence-corrected chi connectivity index (χ2v) is 10.3. The molecule has 2 heterocycles. The lowest BCUT2D eigenvalue weighted by atomic mass is 9.76. The lowest BCUT2D eigenvalue weighted by Crippen LogP contribution is -2.49. The highest BCUT2D eigenvalue weighted by atomic mass is 19.4. The van der Waals surface area contributed by atoms with E-state index >= 15 is 0 Å². The van der Waals surface area contributed by atoms with Gasteiger partial charge in [0.2, 0.25) is 0 Å². The van der Waals surface area contributed by atoms with Crippen LogP contribution in [0.3, 0.4) is 0 Å². The molecule has 2 fully saturated rings. The molecular formula is C26H36F3NO2. The van der Waals surface area contributed by atoms with Crippen molar-refractivity contribution in [2.45, 2.75) is 71.0 Å². The SMILES string of the molecule is CC(C)=C[C@H](CC(C)(C)c1ccc(C(F)(F)F)cc1)N1CCC(C2CCOCC2)C(=O)C1. The van der Waals surface area contributed by atoms with Crippen LogP contribution in [0.15, 0.2) is 35.9 Å². The molecule has 1 aromatic rings. The molecule has 2 saturated heterocycles. The predicted molar refractivity (Wildman–Crippen MR) is 121 cm³/mol. The van der Waals surface area contributed by atoms with Crippen LogP contribution >= 0.6 is 0 Å². The molecule has 0 N–H and O–H groups in total. The van der Waals surface area contributed by atoms with Gasteiger partial charge in [0, 0.05) is 25.2 Å². The van der Waals surface area contributed by atoms with Crippen LogP contribution in [0.2, 0.25) is 0 Å². The molecule has 32 heavy (non-hydrogen) atoms. The van der Waals surface area contributed by atoms with Gasteiger partial charge in [0.05, 0.1) is 12.1 Å². The number of benzene rings is 1. The standard InChI is InChI=1S/C26H36F3NO2/c1-18(2)15-22(16-25(3,4)20-5-7-21(8-6-20)26(27,28)29)30-12-9-23(24(31)17-30)19-10-13-32-14-11-19/h5-8,15,19,22-23H,9-14,16-17H2,1-4H3/t22-,23?/m1/s1. The van der Waals surface area contributed by atoms with E-state index in [0.717, 1.165) is 63.1 Å². The minimum atomic E-state index is -4.33. The number of ketones is 1. The highest BCUT2D eigenvalue weighted by Gasteiger charge is 2.37. The van der Waals surface area contributed by atoms with Crippen LogP contribution in [-0.2, 0) is 21.1 Å². The topological polar surface area (TPSA) is 29.5 Å². The summed E-state index contributed by atoms with van der Waals surface area (Å²) in [6.45, 7) is 11.0. The molecule has 0 aliphatic carbocycles. The first kappa shape index (κ1) is 25.0. The molecule has 2 aliphatic heterocycles. The van der Waals surface area contributed by atoms with Crippen LogP contribution in [0.5, 0.6) is 0 Å². The molecule has 2 aliphatic rings. The maximum Gasteiger partial charge on any atom is 0.416 e. The molecule has 178 valence electrons. The Kier molecular flexibility index (Phi) is 7.87. The number of nitrogens with zero attached hydrogens (tertiary/aromatic N) is 1. The Labute approximate surface area is 190 Å². The molecule has 1 aromatic carbocycles. The average Bonchev–Trinajstić information content (AvgIpc) is 2.73. The summed E-state index contributed by atoms with van der Waals surface area (Å²) in [5, 5.41) is 0. The van der Waals surface area contributed by atoms with Crippen LogP contribution in [0.25, 0.3) is 0 Å². The van der Waals surface area contributed by atoms with E-state index in [1.165, 1.54) is 5.57 Å². The molecule has 3 rings (SSSR count). The summed E-state index contributed by atoms with van der Waals surface area (Å²) in [6, 6.07) is 5.57. The largest absolute Gasteiger partial charge is 0.416 e. The number of carbonyl (C=O) groups is 1. The summed E-state index contributed by atoms with van der Waals surface area (Å²) >= 11 is 0. The summed E-state index contributed by atoms with van der Waals surface area (Å²) in [5.41, 5.74) is 1.10. The molecule has 0 bridgehead atoms. The zero-order chi connectivity index (χ0) is 23.5. The van der Waals surface area contributed by atoms with Gasteiger partial charge in [-0.25, -0.2) is 0 Å². The normalized spacial score (nSPS) is 22.6. The van der Waals surface area contributed by atoms with Crippen molar-refractivity contribution in [2.24, 2.45) is 11.8 Å². The van der Waals surface area contributed by atoms with Crippen molar-refractivity contribution in [1.82, 2.24) is 4.90 Å². The number of piperidine rings is 1. The average molecular weight is 452 g/mol. The van der Waals surface area contributed by atoms with E-state index in [2.05, 4.69) is 38.7 Å². The number of ether oxygens (including phenoxy) is 1. The van der Waals surface area contributed by atoms with Gasteiger partial charge < -0.3 is 4.74 Å². The number of rotatable bonds is 6. The Balaban J connectivity index is 1.72. The third-order valence-electron chi connectivity index (χ3n) is 7.04. The van der Waals surface area contributed by atoms with Crippen molar-refractivity contribution < 1.29 is 22.7 Å². The highest BCUT2D eigenvalue weighted by Crippen LogP contribution is 2.36. The third-order valence-corrected chi connectivity index (χ3v) is 7.04. The number of halogens is 3. The van der Waals surface area contributed by atoms with Gasteiger partial charge in [-0.05, 0) is 75.1 Å². The zero-order valence-electron chi connectivity index (χ0n) is 19.7. The number of carbonyl (C=O) groups excluding carboxylic acids is 1. The maximum atomic E-state index is 13.1. The zero-order valence-corrected chi connectivity index (χ0v) is 19.7. The molecule has 0 aromatic heterocycles. The van der Waals surface area contributed by atoms with E-state index in [4.69, 9.17) is 4.74 Å². The van der Waals surface area contributed by atoms with Crippen LogP contribution < -0.4 is 0 Å². The van der Waals surface area contributed by atoms with Gasteiger partial charge in [0.15, 0.2) is 0 Å². The van der Waals surface area contributed by atoms with Crippen LogP contribution in [0, 0.1) is 11.8 Å². The molecule has 2 atom stereocenters. The molecular weight excluding hydrogens is 415 g/mol. The highest BCUT2D eigenvalue weighted by molar-refractivity contribution is 5.84. The smallest absolute Gasteiger partial charge is 0.381 e. The Morgan fingerprint density at radius 1 is 1.09 bits per heavy atom. The summed E-state index contributed by atoms with van der Waals surface area (Å²) < 4.78 is 44.3. The van der Waals surface area contributed by atoms with Gasteiger partial charge in [0.25, 0.3) is 0 Å². The van der Waals surface area contributed by atoms with E-state index in [0.29, 0.717) is 18.2 Å². The van der Waals surface area contributed by atoms with Crippen LogP contribution in [-0.4, -0.2) is 43.0 Å². The van der Waals surface area contributed by atoms with Crippen LogP contribution in [0.4, 0.5) is 13.2 Å². The quantitative estimate of drug-likeness (QED) is 0.495. The van der Waals surface area contributed by atoms with Crippen molar-refractivity contribution in [3.63, 3.8) is 0 Å². The van der Waals surface area contributed by atoms with Crippen LogP contribution in [0.1, 0.15) is 64.5 Å². The van der Waals surface area contributed by atoms with Gasteiger partial charge in [-0.3, -0.25) is 9.69 Å². The summed E-state index contributed by atoms with van der Waals surface area (Å²) in [5.74, 6) is 0.886. The first-order chi connectivity index (χ1) is 15.0. The van der Waals surface area contributed by atoms with E-state index in [-0.39, 0.29) is 17.4 Å². The number of Topliss-reactive ketones (excluding diaryl/α,β-unsaturated/α-hetero) is 1. The Bertz CT molecular complexity index is 803. The lowest BCUT2D eigenvalue weighted by Gasteiger charge is -2.41. The Morgan fingerprint density at radius 3 is 2.22 bits per heavy atom. The fourth-order valence-corrected chi connectivity index (χ4v) is 5.19. The Hall–Kier alpha value is -1.66. The lowest BCUT2D eigenvalue weighted by molar-refractivity contribution is -0.137. The van der Waals surface area contributed by atoms with Crippen molar-refractivity contribution in [3.05, 3.63) is 47.0 Å². The minimum absolute atomic E-state index is 0.0666. The Morgan fingerprint density at radius 2 is 1.69 bits per heavy atom. The molecule has 3 nitrogen and oxygen atoms in total. The third kappa shape index (κ3) is 6.22. The second kappa shape index (κ2) is 10.1. The number of allylic oxidation sites excluding steroid dienone is 1. The predicted octanol–water partition coefficient (Wildman–Crippen LogP) is 6.03. The van der Waals surface area contributed by atoms with E-state index in [9.17, 15) is 18.0 Å². The summed E-state index contributed by atoms with van der Waals surface area (Å²) in [6.07, 6.45) is 1.41. The summed E-state index contributed by atoms with van der Waals surface area (Å²) in [4.78, 5) is 15.3. The molecule has 6 heteroatoms. The van der Waals surface area contributed by atoms with E-state index in [1.807, 2.05) is 0 Å². The first-order valence-corrected chi connectivity index (χ1v) is 11.6. The van der Waals surface area contributed by atoms with Gasteiger partial charge in [-0.1, -0.05) is 37.6 Å². The maximum absolute atomic E-state index is 13.1. The fraction of sp³-hybridized carbons (Fsp3) is 0.654. The monoisotopic (exact) mass is 451 g/mol. The minimum Gasteiger partial charge on any atom is -0.381 e. The van der Waals surface area contributed by atoms with Gasteiger partial charge in [-0.15, -0.1) is 0 Å². The molecule has 0 amide bonds. The number of alkyl halides is 3. The molecule has 0 spiro atoms. The van der Waals surface area contributed by atoms with E-state index in [1.54, 1.807) is 12.1 Å². The van der Waals surface area contributed by atoms with E-state index < -0.39 is 11.7 Å². The van der Waals surface area contributed by atoms with Gasteiger partial charge >= 0.3 is 6.18 Å².